The molecule has 1 aromatic carbocycles. The summed E-state index contributed by atoms with van der Waals surface area (Å²) in [6.07, 6.45) is 9.54. The first-order chi connectivity index (χ1) is 14.0. The highest BCUT2D eigenvalue weighted by atomic mass is 35.5. The van der Waals surface area contributed by atoms with Gasteiger partial charge in [-0.15, -0.1) is 0 Å². The molecule has 1 amide bonds. The SMILES string of the molecule is C=C1CC[C@@H]2C(C)(C)[C@H](O)CC[C@]2(C)[C@@H]1C=C/C(C)=C/C(=O)Nc1ccc(Cl)cc1. The van der Waals surface area contributed by atoms with Crippen molar-refractivity contribution < 1.29 is 9.90 Å². The molecule has 0 aromatic heterocycles. The van der Waals surface area contributed by atoms with Crippen LogP contribution in [0.25, 0.3) is 0 Å². The van der Waals surface area contributed by atoms with Crippen molar-refractivity contribution in [3.8, 4) is 0 Å². The number of anilines is 1. The molecule has 2 aliphatic rings. The van der Waals surface area contributed by atoms with Crippen molar-refractivity contribution in [2.75, 3.05) is 5.32 Å². The second kappa shape index (κ2) is 8.72. The van der Waals surface area contributed by atoms with Crippen LogP contribution in [0.2, 0.25) is 5.02 Å². The summed E-state index contributed by atoms with van der Waals surface area (Å²) in [5.41, 5.74) is 2.87. The molecule has 2 aliphatic carbocycles. The van der Waals surface area contributed by atoms with Gasteiger partial charge in [-0.25, -0.2) is 0 Å². The number of aliphatic hydroxyl groups is 1. The second-order valence-corrected chi connectivity index (χ2v) is 10.3. The molecule has 162 valence electrons. The largest absolute Gasteiger partial charge is 0.393 e. The third-order valence-corrected chi connectivity index (χ3v) is 7.69. The molecule has 0 bridgehead atoms. The van der Waals surface area contributed by atoms with Crippen molar-refractivity contribution in [2.24, 2.45) is 22.7 Å². The zero-order chi connectivity index (χ0) is 22.1. The van der Waals surface area contributed by atoms with Crippen LogP contribution in [0.4, 0.5) is 5.69 Å². The van der Waals surface area contributed by atoms with Gasteiger partial charge in [0.1, 0.15) is 0 Å². The number of carbonyl (C=O) groups excluding carboxylic acids is 1. The molecule has 4 atom stereocenters. The van der Waals surface area contributed by atoms with Gasteiger partial charge in [0.15, 0.2) is 0 Å². The summed E-state index contributed by atoms with van der Waals surface area (Å²) < 4.78 is 0. The smallest absolute Gasteiger partial charge is 0.248 e. The molecule has 3 nitrogen and oxygen atoms in total. The number of benzene rings is 1. The summed E-state index contributed by atoms with van der Waals surface area (Å²) in [7, 11) is 0. The number of hydrogen-bond acceptors (Lipinski definition) is 2. The van der Waals surface area contributed by atoms with E-state index in [1.807, 2.05) is 13.0 Å². The summed E-state index contributed by atoms with van der Waals surface area (Å²) in [6.45, 7) is 13.1. The van der Waals surface area contributed by atoms with E-state index in [9.17, 15) is 9.90 Å². The minimum absolute atomic E-state index is 0.0837. The first-order valence-electron chi connectivity index (χ1n) is 10.8. The zero-order valence-corrected chi connectivity index (χ0v) is 19.3. The van der Waals surface area contributed by atoms with Crippen LogP contribution < -0.4 is 5.32 Å². The van der Waals surface area contributed by atoms with Gasteiger partial charge in [-0.1, -0.05) is 56.7 Å². The quantitative estimate of drug-likeness (QED) is 0.325. The number of aliphatic hydroxyl groups excluding tert-OH is 1. The average Bonchev–Trinajstić information content (AvgIpc) is 2.66. The molecule has 4 heteroatoms. The van der Waals surface area contributed by atoms with Gasteiger partial charge in [0.25, 0.3) is 0 Å². The Morgan fingerprint density at radius 2 is 1.90 bits per heavy atom. The normalized spacial score (nSPS) is 31.5. The Labute approximate surface area is 185 Å². The minimum atomic E-state index is -0.246. The van der Waals surface area contributed by atoms with E-state index in [2.05, 4.69) is 38.7 Å². The molecule has 0 radical (unpaired) electrons. The Kier molecular flexibility index (Phi) is 6.64. The Balaban J connectivity index is 1.74. The van der Waals surface area contributed by atoms with Crippen LogP contribution >= 0.6 is 11.6 Å². The highest BCUT2D eigenvalue weighted by Gasteiger charge is 2.55. The van der Waals surface area contributed by atoms with Gasteiger partial charge in [0, 0.05) is 22.7 Å². The molecule has 2 saturated carbocycles. The summed E-state index contributed by atoms with van der Waals surface area (Å²) in [5, 5.41) is 14.1. The molecule has 0 saturated heterocycles. The van der Waals surface area contributed by atoms with Gasteiger partial charge >= 0.3 is 0 Å². The Bertz CT molecular complexity index is 868. The molecule has 2 fully saturated rings. The lowest BCUT2D eigenvalue weighted by Crippen LogP contribution is -2.54. The summed E-state index contributed by atoms with van der Waals surface area (Å²) in [4.78, 5) is 12.3. The molecule has 0 heterocycles. The monoisotopic (exact) mass is 427 g/mol. The standard InChI is InChI=1S/C26H34ClNO2/c1-17(16-24(30)28-20-10-8-19(27)9-11-20)6-12-21-18(2)7-13-22-25(3,4)23(29)14-15-26(21,22)5/h6,8-12,16,21-23,29H,2,7,13-15H2,1,3-5H3,(H,28,30)/b12-6?,17-16+/t21-,22-,23-,26-/m1/s1. The van der Waals surface area contributed by atoms with Gasteiger partial charge in [0.05, 0.1) is 6.10 Å². The summed E-state index contributed by atoms with van der Waals surface area (Å²) in [6, 6.07) is 7.07. The Morgan fingerprint density at radius 3 is 2.57 bits per heavy atom. The van der Waals surface area contributed by atoms with Crippen molar-refractivity contribution >= 4 is 23.2 Å². The van der Waals surface area contributed by atoms with Crippen LogP contribution in [0.15, 0.2) is 60.2 Å². The molecular formula is C26H34ClNO2. The summed E-state index contributed by atoms with van der Waals surface area (Å²) >= 11 is 5.89. The highest BCUT2D eigenvalue weighted by molar-refractivity contribution is 6.30. The number of allylic oxidation sites excluding steroid dienone is 4. The lowest BCUT2D eigenvalue weighted by Gasteiger charge is -2.59. The number of carbonyl (C=O) groups is 1. The highest BCUT2D eigenvalue weighted by Crippen LogP contribution is 2.61. The lowest BCUT2D eigenvalue weighted by molar-refractivity contribution is -0.116. The maximum Gasteiger partial charge on any atom is 0.248 e. The molecule has 0 spiro atoms. The van der Waals surface area contributed by atoms with Gasteiger partial charge in [-0.05, 0) is 79.2 Å². The predicted molar refractivity (Wildman–Crippen MR) is 125 cm³/mol. The lowest BCUT2D eigenvalue weighted by atomic mass is 9.47. The van der Waals surface area contributed by atoms with Crippen molar-refractivity contribution in [3.05, 3.63) is 65.2 Å². The zero-order valence-electron chi connectivity index (χ0n) is 18.5. The van der Waals surface area contributed by atoms with Crippen LogP contribution in [-0.4, -0.2) is 17.1 Å². The topological polar surface area (TPSA) is 49.3 Å². The van der Waals surface area contributed by atoms with E-state index in [1.165, 1.54) is 5.57 Å². The van der Waals surface area contributed by atoms with Crippen molar-refractivity contribution in [3.63, 3.8) is 0 Å². The fourth-order valence-electron chi connectivity index (χ4n) is 5.67. The number of fused-ring (bicyclic) bond motifs is 1. The van der Waals surface area contributed by atoms with Crippen LogP contribution in [0.5, 0.6) is 0 Å². The van der Waals surface area contributed by atoms with Crippen LogP contribution in [-0.2, 0) is 4.79 Å². The van der Waals surface area contributed by atoms with E-state index in [0.717, 1.165) is 36.9 Å². The van der Waals surface area contributed by atoms with Crippen LogP contribution in [0.3, 0.4) is 0 Å². The molecule has 0 unspecified atom stereocenters. The van der Waals surface area contributed by atoms with Gasteiger partial charge < -0.3 is 10.4 Å². The van der Waals surface area contributed by atoms with Gasteiger partial charge in [-0.2, -0.15) is 0 Å². The van der Waals surface area contributed by atoms with Crippen molar-refractivity contribution in [2.45, 2.75) is 59.5 Å². The van der Waals surface area contributed by atoms with Crippen molar-refractivity contribution in [1.29, 1.82) is 0 Å². The number of amides is 1. The predicted octanol–water partition coefficient (Wildman–Crippen LogP) is 6.55. The fraction of sp³-hybridized carbons (Fsp3) is 0.500. The van der Waals surface area contributed by atoms with E-state index in [0.29, 0.717) is 10.9 Å². The molecular weight excluding hydrogens is 394 g/mol. The number of rotatable bonds is 4. The van der Waals surface area contributed by atoms with E-state index in [4.69, 9.17) is 11.6 Å². The average molecular weight is 428 g/mol. The number of nitrogens with one attached hydrogen (secondary N) is 1. The van der Waals surface area contributed by atoms with Crippen LogP contribution in [0.1, 0.15) is 53.4 Å². The van der Waals surface area contributed by atoms with E-state index in [1.54, 1.807) is 30.3 Å². The summed E-state index contributed by atoms with van der Waals surface area (Å²) in [5.74, 6) is 0.546. The first-order valence-corrected chi connectivity index (χ1v) is 11.2. The van der Waals surface area contributed by atoms with Crippen LogP contribution in [0, 0.1) is 22.7 Å². The van der Waals surface area contributed by atoms with E-state index < -0.39 is 0 Å². The first kappa shape index (κ1) is 22.8. The molecule has 30 heavy (non-hydrogen) atoms. The third-order valence-electron chi connectivity index (χ3n) is 7.44. The Morgan fingerprint density at radius 1 is 1.23 bits per heavy atom. The van der Waals surface area contributed by atoms with Crippen molar-refractivity contribution in [1.82, 2.24) is 0 Å². The second-order valence-electron chi connectivity index (χ2n) is 9.85. The Hall–Kier alpha value is -1.84. The molecule has 2 N–H and O–H groups in total. The number of hydrogen-bond donors (Lipinski definition) is 2. The molecule has 3 rings (SSSR count). The fourth-order valence-corrected chi connectivity index (χ4v) is 5.80. The minimum Gasteiger partial charge on any atom is -0.393 e. The molecule has 0 aliphatic heterocycles. The van der Waals surface area contributed by atoms with E-state index in [-0.39, 0.29) is 28.8 Å². The maximum atomic E-state index is 12.3. The van der Waals surface area contributed by atoms with E-state index >= 15 is 0 Å². The third kappa shape index (κ3) is 4.58. The molecule has 1 aromatic rings. The maximum absolute atomic E-state index is 12.3. The number of halogens is 1. The van der Waals surface area contributed by atoms with Gasteiger partial charge in [-0.3, -0.25) is 4.79 Å². The van der Waals surface area contributed by atoms with Gasteiger partial charge in [0.2, 0.25) is 5.91 Å².